The van der Waals surface area contributed by atoms with Gasteiger partial charge in [0.05, 0.1) is 27.1 Å². The third-order valence-corrected chi connectivity index (χ3v) is 7.81. The normalized spacial score (nSPS) is 12.3. The monoisotopic (exact) mass is 518 g/mol. The molecular formula is C24H21F3N4O4S. The lowest BCUT2D eigenvalue weighted by molar-refractivity contribution is -0.140. The zero-order valence-electron chi connectivity index (χ0n) is 19.3. The van der Waals surface area contributed by atoms with E-state index in [1.807, 2.05) is 5.10 Å². The Morgan fingerprint density at radius 1 is 1.06 bits per heavy atom. The third kappa shape index (κ3) is 4.28. The predicted octanol–water partition coefficient (Wildman–Crippen LogP) is 4.45. The van der Waals surface area contributed by atoms with Gasteiger partial charge in [-0.3, -0.25) is 14.7 Å². The fraction of sp³-hybridized carbons (Fsp3) is 0.208. The second-order valence-electron chi connectivity index (χ2n) is 8.31. The number of fused-ring (bicyclic) bond motifs is 1. The molecule has 0 aliphatic carbocycles. The summed E-state index contributed by atoms with van der Waals surface area (Å²) >= 11 is 0. The fourth-order valence-corrected chi connectivity index (χ4v) is 4.98. The fourth-order valence-electron chi connectivity index (χ4n) is 3.78. The van der Waals surface area contributed by atoms with E-state index in [0.29, 0.717) is 4.52 Å². The molecule has 0 unspecified atom stereocenters. The molecule has 2 aromatic heterocycles. The van der Waals surface area contributed by atoms with Gasteiger partial charge in [0.15, 0.2) is 15.5 Å². The first kappa shape index (κ1) is 25.2. The molecular weight excluding hydrogens is 497 g/mol. The molecule has 2 heterocycles. The number of nitrogens with zero attached hydrogens (tertiary/aromatic N) is 2. The van der Waals surface area contributed by atoms with Crippen LogP contribution in [0.3, 0.4) is 0 Å². The zero-order chi connectivity index (χ0) is 26.4. The Balaban J connectivity index is 1.88. The van der Waals surface area contributed by atoms with Crippen molar-refractivity contribution in [3.05, 3.63) is 81.9 Å². The largest absolute Gasteiger partial charge is 0.433 e. The number of rotatable bonds is 5. The van der Waals surface area contributed by atoms with Gasteiger partial charge in [0.1, 0.15) is 11.3 Å². The van der Waals surface area contributed by atoms with E-state index in [4.69, 9.17) is 0 Å². The van der Waals surface area contributed by atoms with Crippen LogP contribution < -0.4 is 10.9 Å². The molecule has 4 rings (SSSR count). The summed E-state index contributed by atoms with van der Waals surface area (Å²) in [6.45, 7) is 4.29. The Labute approximate surface area is 203 Å². The second-order valence-corrected chi connectivity index (χ2v) is 10.8. The number of para-hydroxylation sites is 1. The third-order valence-electron chi connectivity index (χ3n) is 5.60. The Kier molecular flexibility index (Phi) is 6.25. The van der Waals surface area contributed by atoms with Gasteiger partial charge in [-0.1, -0.05) is 42.5 Å². The minimum Gasteiger partial charge on any atom is -0.321 e. The van der Waals surface area contributed by atoms with Crippen LogP contribution in [-0.4, -0.2) is 34.2 Å². The Hall–Kier alpha value is -3.93. The average molecular weight is 519 g/mol. The average Bonchev–Trinajstić information content (AvgIpc) is 3.20. The molecule has 0 spiro atoms. The van der Waals surface area contributed by atoms with E-state index < -0.39 is 44.0 Å². The van der Waals surface area contributed by atoms with Crippen LogP contribution in [0.1, 0.15) is 35.6 Å². The van der Waals surface area contributed by atoms with E-state index in [1.54, 1.807) is 18.2 Å². The second kappa shape index (κ2) is 8.94. The quantitative estimate of drug-likeness (QED) is 0.405. The van der Waals surface area contributed by atoms with Crippen molar-refractivity contribution >= 4 is 27.1 Å². The highest BCUT2D eigenvalue weighted by atomic mass is 32.2. The van der Waals surface area contributed by atoms with Gasteiger partial charge in [-0.15, -0.1) is 0 Å². The van der Waals surface area contributed by atoms with Gasteiger partial charge in [-0.05, 0) is 38.5 Å². The van der Waals surface area contributed by atoms with Gasteiger partial charge in [-0.2, -0.15) is 17.7 Å². The summed E-state index contributed by atoms with van der Waals surface area (Å²) in [5, 5.41) is 3.68. The molecule has 0 saturated carbocycles. The SMILES string of the molecule is Cc1nc2c(-c3ccccc3)c(C(F)(F)F)[nH]n2c(=O)c1C(=O)Nc1ccccc1S(=O)(=O)C(C)C. The van der Waals surface area contributed by atoms with E-state index in [0.717, 1.165) is 0 Å². The van der Waals surface area contributed by atoms with Crippen LogP contribution in [0.15, 0.2) is 64.3 Å². The number of aromatic nitrogens is 3. The summed E-state index contributed by atoms with van der Waals surface area (Å²) in [4.78, 5) is 30.4. The van der Waals surface area contributed by atoms with Gasteiger partial charge in [0.2, 0.25) is 0 Å². The van der Waals surface area contributed by atoms with E-state index in [1.165, 1.54) is 57.2 Å². The minimum atomic E-state index is -4.84. The molecule has 188 valence electrons. The summed E-state index contributed by atoms with van der Waals surface area (Å²) in [6, 6.07) is 13.3. The first-order valence-electron chi connectivity index (χ1n) is 10.8. The molecule has 8 nitrogen and oxygen atoms in total. The molecule has 0 aliphatic heterocycles. The molecule has 2 aromatic carbocycles. The first-order valence-corrected chi connectivity index (χ1v) is 12.3. The number of halogens is 3. The van der Waals surface area contributed by atoms with E-state index in [2.05, 4.69) is 10.3 Å². The van der Waals surface area contributed by atoms with Crippen molar-refractivity contribution in [1.29, 1.82) is 0 Å². The number of aromatic amines is 1. The lowest BCUT2D eigenvalue weighted by Crippen LogP contribution is -2.29. The maximum Gasteiger partial charge on any atom is 0.433 e. The molecule has 2 N–H and O–H groups in total. The lowest BCUT2D eigenvalue weighted by Gasteiger charge is -2.14. The van der Waals surface area contributed by atoms with Crippen LogP contribution in [0.2, 0.25) is 0 Å². The number of hydrogen-bond donors (Lipinski definition) is 2. The number of sulfone groups is 1. The van der Waals surface area contributed by atoms with Crippen LogP contribution in [0, 0.1) is 6.92 Å². The number of carbonyl (C=O) groups is 1. The van der Waals surface area contributed by atoms with Crippen molar-refractivity contribution in [2.45, 2.75) is 37.1 Å². The molecule has 0 saturated heterocycles. The Bertz CT molecular complexity index is 1640. The number of H-pyrrole nitrogens is 1. The first-order chi connectivity index (χ1) is 16.8. The Morgan fingerprint density at radius 3 is 2.28 bits per heavy atom. The number of carbonyl (C=O) groups excluding carboxylic acids is 1. The van der Waals surface area contributed by atoms with Gasteiger partial charge in [0.25, 0.3) is 11.5 Å². The van der Waals surface area contributed by atoms with Gasteiger partial charge in [-0.25, -0.2) is 13.4 Å². The van der Waals surface area contributed by atoms with Crippen molar-refractivity contribution in [2.24, 2.45) is 0 Å². The number of amides is 1. The molecule has 36 heavy (non-hydrogen) atoms. The molecule has 0 aliphatic rings. The summed E-state index contributed by atoms with van der Waals surface area (Å²) in [6.07, 6.45) is -4.84. The summed E-state index contributed by atoms with van der Waals surface area (Å²) in [7, 11) is -3.78. The van der Waals surface area contributed by atoms with Crippen LogP contribution in [0.25, 0.3) is 16.8 Å². The Morgan fingerprint density at radius 2 is 1.67 bits per heavy atom. The molecule has 0 fully saturated rings. The molecule has 1 amide bonds. The van der Waals surface area contributed by atoms with Crippen LogP contribution >= 0.6 is 0 Å². The van der Waals surface area contributed by atoms with Crippen LogP contribution in [0.5, 0.6) is 0 Å². The number of nitrogens with one attached hydrogen (secondary N) is 2. The van der Waals surface area contributed by atoms with Gasteiger partial charge >= 0.3 is 6.18 Å². The number of anilines is 1. The van der Waals surface area contributed by atoms with Crippen LogP contribution in [0.4, 0.5) is 18.9 Å². The van der Waals surface area contributed by atoms with Gasteiger partial charge in [0, 0.05) is 0 Å². The van der Waals surface area contributed by atoms with Crippen molar-refractivity contribution < 1.29 is 26.4 Å². The summed E-state index contributed by atoms with van der Waals surface area (Å²) in [5.41, 5.74) is -3.41. The highest BCUT2D eigenvalue weighted by Crippen LogP contribution is 2.38. The number of hydrogen-bond acceptors (Lipinski definition) is 5. The molecule has 0 bridgehead atoms. The molecule has 0 atom stereocenters. The van der Waals surface area contributed by atoms with Crippen molar-refractivity contribution in [3.8, 4) is 11.1 Å². The van der Waals surface area contributed by atoms with E-state index in [9.17, 15) is 31.2 Å². The molecule has 4 aromatic rings. The topological polar surface area (TPSA) is 113 Å². The summed E-state index contributed by atoms with van der Waals surface area (Å²) < 4.78 is 67.6. The predicted molar refractivity (Wildman–Crippen MR) is 128 cm³/mol. The lowest BCUT2D eigenvalue weighted by atomic mass is 10.1. The zero-order valence-corrected chi connectivity index (χ0v) is 20.2. The van der Waals surface area contributed by atoms with E-state index >= 15 is 0 Å². The minimum absolute atomic E-state index is 0.0625. The highest BCUT2D eigenvalue weighted by Gasteiger charge is 2.38. The summed E-state index contributed by atoms with van der Waals surface area (Å²) in [5.74, 6) is -1.00. The van der Waals surface area contributed by atoms with Crippen molar-refractivity contribution in [3.63, 3.8) is 0 Å². The number of alkyl halides is 3. The van der Waals surface area contributed by atoms with Crippen molar-refractivity contribution in [2.75, 3.05) is 5.32 Å². The van der Waals surface area contributed by atoms with Gasteiger partial charge < -0.3 is 5.32 Å². The highest BCUT2D eigenvalue weighted by molar-refractivity contribution is 7.92. The van der Waals surface area contributed by atoms with E-state index in [-0.39, 0.29) is 33.1 Å². The molecule has 0 radical (unpaired) electrons. The number of aryl methyl sites for hydroxylation is 1. The van der Waals surface area contributed by atoms with Crippen LogP contribution in [-0.2, 0) is 16.0 Å². The number of benzene rings is 2. The standard InChI is InChI=1S/C24H21F3N4O4S/c1-13(2)36(34,35)17-12-8-7-11-16(17)29-22(32)18-14(3)28-21-19(15-9-5-4-6-10-15)20(24(25,26)27)30-31(21)23(18)33/h4-13,30H,1-3H3,(H,29,32). The van der Waals surface area contributed by atoms with Crippen molar-refractivity contribution in [1.82, 2.24) is 14.6 Å². The maximum atomic E-state index is 13.9. The maximum absolute atomic E-state index is 13.9. The smallest absolute Gasteiger partial charge is 0.321 e. The molecule has 12 heteroatoms.